The van der Waals surface area contributed by atoms with Gasteiger partial charge in [-0.1, -0.05) is 12.1 Å². The molecular weight excluding hydrogens is 240 g/mol. The van der Waals surface area contributed by atoms with Gasteiger partial charge in [-0.3, -0.25) is 4.68 Å². The van der Waals surface area contributed by atoms with Gasteiger partial charge in [-0.05, 0) is 44.5 Å². The van der Waals surface area contributed by atoms with Crippen LogP contribution in [0.25, 0.3) is 0 Å². The first-order chi connectivity index (χ1) is 9.06. The van der Waals surface area contributed by atoms with Crippen molar-refractivity contribution in [2.75, 3.05) is 0 Å². The van der Waals surface area contributed by atoms with E-state index in [4.69, 9.17) is 4.74 Å². The van der Waals surface area contributed by atoms with E-state index in [0.29, 0.717) is 12.6 Å². The quantitative estimate of drug-likeness (QED) is 0.898. The lowest BCUT2D eigenvalue weighted by atomic mass is 10.1. The second kappa shape index (κ2) is 5.89. The van der Waals surface area contributed by atoms with Crippen molar-refractivity contribution in [3.8, 4) is 5.75 Å². The topological polar surface area (TPSA) is 47.3 Å². The fourth-order valence-corrected chi connectivity index (χ4v) is 1.74. The molecule has 1 aromatic heterocycles. The van der Waals surface area contributed by atoms with E-state index in [-0.39, 0.29) is 0 Å². The Kier molecular flexibility index (Phi) is 4.22. The first kappa shape index (κ1) is 13.6. The van der Waals surface area contributed by atoms with Gasteiger partial charge in [-0.2, -0.15) is 5.10 Å². The number of aliphatic hydroxyl groups excluding tert-OH is 1. The van der Waals surface area contributed by atoms with E-state index >= 15 is 0 Å². The van der Waals surface area contributed by atoms with Crippen LogP contribution >= 0.6 is 0 Å². The van der Waals surface area contributed by atoms with Gasteiger partial charge in [0.05, 0.1) is 11.8 Å². The van der Waals surface area contributed by atoms with E-state index in [1.54, 1.807) is 6.92 Å². The third-order valence-electron chi connectivity index (χ3n) is 2.94. The average molecular weight is 260 g/mol. The standard InChI is InChI=1S/C15H20N2O2/c1-11(2)17-9-8-14(16-17)10-19-15-6-4-13(5-7-15)12(3)18/h4-9,11-12,18H,10H2,1-3H3/t12-/m0/s1. The lowest BCUT2D eigenvalue weighted by Gasteiger charge is -2.08. The van der Waals surface area contributed by atoms with Crippen LogP contribution in [-0.2, 0) is 6.61 Å². The van der Waals surface area contributed by atoms with Crippen molar-refractivity contribution >= 4 is 0 Å². The molecule has 0 fully saturated rings. The maximum atomic E-state index is 9.42. The van der Waals surface area contributed by atoms with Gasteiger partial charge >= 0.3 is 0 Å². The van der Waals surface area contributed by atoms with Gasteiger partial charge in [0, 0.05) is 12.2 Å². The summed E-state index contributed by atoms with van der Waals surface area (Å²) in [4.78, 5) is 0. The van der Waals surface area contributed by atoms with E-state index in [0.717, 1.165) is 17.0 Å². The Morgan fingerprint density at radius 1 is 1.16 bits per heavy atom. The zero-order valence-electron chi connectivity index (χ0n) is 11.6. The summed E-state index contributed by atoms with van der Waals surface area (Å²) in [5.41, 5.74) is 1.80. The zero-order valence-corrected chi connectivity index (χ0v) is 11.6. The number of ether oxygens (including phenoxy) is 1. The molecule has 4 heteroatoms. The molecule has 1 atom stereocenters. The highest BCUT2D eigenvalue weighted by Crippen LogP contribution is 2.18. The molecule has 102 valence electrons. The largest absolute Gasteiger partial charge is 0.487 e. The van der Waals surface area contributed by atoms with Crippen LogP contribution in [0.1, 0.15) is 44.2 Å². The molecule has 0 saturated heterocycles. The summed E-state index contributed by atoms with van der Waals surface area (Å²) in [5, 5.41) is 13.8. The lowest BCUT2D eigenvalue weighted by molar-refractivity contribution is 0.199. The number of hydrogen-bond acceptors (Lipinski definition) is 3. The van der Waals surface area contributed by atoms with Crippen molar-refractivity contribution in [1.82, 2.24) is 9.78 Å². The number of nitrogens with zero attached hydrogens (tertiary/aromatic N) is 2. The van der Waals surface area contributed by atoms with Gasteiger partial charge in [0.15, 0.2) is 0 Å². The number of benzene rings is 1. The summed E-state index contributed by atoms with van der Waals surface area (Å²) in [7, 11) is 0. The van der Waals surface area contributed by atoms with Gasteiger partial charge in [0.2, 0.25) is 0 Å². The second-order valence-corrected chi connectivity index (χ2v) is 4.91. The Balaban J connectivity index is 1.94. The molecule has 1 heterocycles. The van der Waals surface area contributed by atoms with Gasteiger partial charge in [0.25, 0.3) is 0 Å². The molecule has 0 amide bonds. The Labute approximate surface area is 113 Å². The highest BCUT2D eigenvalue weighted by atomic mass is 16.5. The highest BCUT2D eigenvalue weighted by Gasteiger charge is 2.04. The van der Waals surface area contributed by atoms with Gasteiger partial charge in [-0.25, -0.2) is 0 Å². The van der Waals surface area contributed by atoms with Crippen LogP contribution < -0.4 is 4.74 Å². The van der Waals surface area contributed by atoms with Crippen LogP contribution in [0, 0.1) is 0 Å². The summed E-state index contributed by atoms with van der Waals surface area (Å²) in [6, 6.07) is 9.78. The minimum atomic E-state index is -0.448. The third kappa shape index (κ3) is 3.58. The van der Waals surface area contributed by atoms with Crippen LogP contribution in [0.15, 0.2) is 36.5 Å². The van der Waals surface area contributed by atoms with Crippen LogP contribution in [-0.4, -0.2) is 14.9 Å². The highest BCUT2D eigenvalue weighted by molar-refractivity contribution is 5.28. The van der Waals surface area contributed by atoms with E-state index in [1.165, 1.54) is 0 Å². The lowest BCUT2D eigenvalue weighted by Crippen LogP contribution is -2.03. The van der Waals surface area contributed by atoms with Crippen molar-refractivity contribution in [2.45, 2.75) is 39.5 Å². The van der Waals surface area contributed by atoms with E-state index < -0.39 is 6.10 Å². The Bertz CT molecular complexity index is 515. The van der Waals surface area contributed by atoms with E-state index in [2.05, 4.69) is 18.9 Å². The third-order valence-corrected chi connectivity index (χ3v) is 2.94. The van der Waals surface area contributed by atoms with Crippen molar-refractivity contribution in [3.05, 3.63) is 47.8 Å². The predicted octanol–water partition coefficient (Wildman–Crippen LogP) is 3.10. The minimum absolute atomic E-state index is 0.360. The van der Waals surface area contributed by atoms with Gasteiger partial charge < -0.3 is 9.84 Å². The summed E-state index contributed by atoms with van der Waals surface area (Å²) in [6.07, 6.45) is 1.51. The molecule has 0 bridgehead atoms. The van der Waals surface area contributed by atoms with Gasteiger partial charge in [0.1, 0.15) is 12.4 Å². The maximum absolute atomic E-state index is 9.42. The van der Waals surface area contributed by atoms with Crippen LogP contribution in [0.3, 0.4) is 0 Å². The number of aromatic nitrogens is 2. The van der Waals surface area contributed by atoms with Crippen molar-refractivity contribution < 1.29 is 9.84 Å². The Morgan fingerprint density at radius 2 is 1.84 bits per heavy atom. The molecule has 0 radical (unpaired) electrons. The van der Waals surface area contributed by atoms with Crippen LogP contribution in [0.2, 0.25) is 0 Å². The molecule has 0 aliphatic heterocycles. The van der Waals surface area contributed by atoms with Crippen molar-refractivity contribution in [3.63, 3.8) is 0 Å². The number of hydrogen-bond donors (Lipinski definition) is 1. The van der Waals surface area contributed by atoms with E-state index in [9.17, 15) is 5.11 Å². The summed E-state index contributed by atoms with van der Waals surface area (Å²) >= 11 is 0. The molecule has 0 aliphatic rings. The SMILES string of the molecule is CC(C)n1ccc(COc2ccc([C@H](C)O)cc2)n1. The van der Waals surface area contributed by atoms with Gasteiger partial charge in [-0.15, -0.1) is 0 Å². The Morgan fingerprint density at radius 3 is 2.37 bits per heavy atom. The van der Waals surface area contributed by atoms with Crippen LogP contribution in [0.5, 0.6) is 5.75 Å². The minimum Gasteiger partial charge on any atom is -0.487 e. The fraction of sp³-hybridized carbons (Fsp3) is 0.400. The molecule has 2 aromatic rings. The molecule has 0 aliphatic carbocycles. The molecule has 19 heavy (non-hydrogen) atoms. The van der Waals surface area contributed by atoms with Crippen LogP contribution in [0.4, 0.5) is 0 Å². The predicted molar refractivity (Wildman–Crippen MR) is 74.0 cm³/mol. The van der Waals surface area contributed by atoms with E-state index in [1.807, 2.05) is 41.2 Å². The smallest absolute Gasteiger partial charge is 0.132 e. The summed E-state index contributed by atoms with van der Waals surface area (Å²) < 4.78 is 7.57. The van der Waals surface area contributed by atoms with Crippen molar-refractivity contribution in [1.29, 1.82) is 0 Å². The molecule has 0 unspecified atom stereocenters. The summed E-state index contributed by atoms with van der Waals surface area (Å²) in [5.74, 6) is 0.781. The molecule has 0 saturated carbocycles. The molecule has 1 N–H and O–H groups in total. The average Bonchev–Trinajstić information content (AvgIpc) is 2.86. The fourth-order valence-electron chi connectivity index (χ4n) is 1.74. The molecular formula is C15H20N2O2. The first-order valence-electron chi connectivity index (χ1n) is 6.51. The first-order valence-corrected chi connectivity index (χ1v) is 6.51. The number of rotatable bonds is 5. The number of aliphatic hydroxyl groups is 1. The molecule has 0 spiro atoms. The normalized spacial score (nSPS) is 12.7. The molecule has 1 aromatic carbocycles. The monoisotopic (exact) mass is 260 g/mol. The van der Waals surface area contributed by atoms with Crippen molar-refractivity contribution in [2.24, 2.45) is 0 Å². The Hall–Kier alpha value is -1.81. The second-order valence-electron chi connectivity index (χ2n) is 4.91. The maximum Gasteiger partial charge on any atom is 0.132 e. The zero-order chi connectivity index (χ0) is 13.8. The molecule has 2 rings (SSSR count). The molecule has 4 nitrogen and oxygen atoms in total. The summed E-state index contributed by atoms with van der Waals surface area (Å²) in [6.45, 7) is 6.38.